The van der Waals surface area contributed by atoms with Crippen LogP contribution in [0.5, 0.6) is 0 Å². The van der Waals surface area contributed by atoms with Gasteiger partial charge in [-0.2, -0.15) is 0 Å². The van der Waals surface area contributed by atoms with Crippen molar-refractivity contribution >= 4 is 54.2 Å². The summed E-state index contributed by atoms with van der Waals surface area (Å²) in [5.74, 6) is 0. The van der Waals surface area contributed by atoms with Gasteiger partial charge in [0.05, 0.1) is 0 Å². The summed E-state index contributed by atoms with van der Waals surface area (Å²) in [7, 11) is 0. The van der Waals surface area contributed by atoms with Crippen LogP contribution >= 0.6 is 0 Å². The molecule has 0 unspecified atom stereocenters. The number of fused-ring (bicyclic) bond motifs is 5. The molecule has 0 heteroatoms. The van der Waals surface area contributed by atoms with Crippen molar-refractivity contribution in [2.75, 3.05) is 0 Å². The quantitative estimate of drug-likeness (QED) is 0.148. The molecule has 284 valence electrons. The van der Waals surface area contributed by atoms with Gasteiger partial charge < -0.3 is 0 Å². The number of hydrogen-bond acceptors (Lipinski definition) is 0. The van der Waals surface area contributed by atoms with Gasteiger partial charge in [-0.05, 0) is 152 Å². The average molecular weight is 773 g/mol. The van der Waals surface area contributed by atoms with E-state index in [0.717, 1.165) is 6.42 Å². The minimum absolute atomic E-state index is 0.916. The summed E-state index contributed by atoms with van der Waals surface area (Å²) in [6.45, 7) is 0. The first-order valence-corrected chi connectivity index (χ1v) is 21.3. The smallest absolute Gasteiger partial charge is 0.000706 e. The molecular formula is C61H40. The molecule has 1 aliphatic carbocycles. The molecule has 0 saturated carbocycles. The molecular weight excluding hydrogens is 733 g/mol. The van der Waals surface area contributed by atoms with Crippen molar-refractivity contribution in [1.82, 2.24) is 0 Å². The molecule has 0 spiro atoms. The van der Waals surface area contributed by atoms with Crippen LogP contribution in [0.2, 0.25) is 0 Å². The first-order chi connectivity index (χ1) is 30.2. The van der Waals surface area contributed by atoms with E-state index in [2.05, 4.69) is 231 Å². The van der Waals surface area contributed by atoms with E-state index in [1.165, 1.54) is 121 Å². The van der Waals surface area contributed by atoms with Crippen molar-refractivity contribution in [3.63, 3.8) is 0 Å². The second kappa shape index (κ2) is 14.5. The Morgan fingerprint density at radius 3 is 1.33 bits per heavy atom. The van der Waals surface area contributed by atoms with Gasteiger partial charge in [-0.15, -0.1) is 0 Å². The van der Waals surface area contributed by atoms with Gasteiger partial charge in [-0.3, -0.25) is 0 Å². The molecule has 0 radical (unpaired) electrons. The molecule has 61 heavy (non-hydrogen) atoms. The zero-order chi connectivity index (χ0) is 40.3. The van der Waals surface area contributed by atoms with Gasteiger partial charge in [0, 0.05) is 0 Å². The fraction of sp³-hybridized carbons (Fsp3) is 0.0164. The fourth-order valence-corrected chi connectivity index (χ4v) is 9.98. The minimum atomic E-state index is 0.916. The molecule has 0 nitrogen and oxygen atoms in total. The van der Waals surface area contributed by atoms with E-state index in [1.807, 2.05) is 0 Å². The summed E-state index contributed by atoms with van der Waals surface area (Å²) >= 11 is 0. The second-order valence-corrected chi connectivity index (χ2v) is 16.4. The summed E-state index contributed by atoms with van der Waals surface area (Å²) in [6, 6.07) is 85.3. The Kier molecular flexibility index (Phi) is 8.35. The molecule has 0 amide bonds. The monoisotopic (exact) mass is 772 g/mol. The van der Waals surface area contributed by atoms with Crippen LogP contribution in [0.15, 0.2) is 231 Å². The molecule has 0 bridgehead atoms. The highest BCUT2D eigenvalue weighted by Gasteiger charge is 2.24. The predicted molar refractivity (Wildman–Crippen MR) is 261 cm³/mol. The summed E-state index contributed by atoms with van der Waals surface area (Å²) in [5.41, 5.74) is 18.0. The van der Waals surface area contributed by atoms with E-state index in [0.29, 0.717) is 0 Å². The van der Waals surface area contributed by atoms with E-state index in [-0.39, 0.29) is 0 Å². The summed E-state index contributed by atoms with van der Waals surface area (Å²) in [5, 5.41) is 10.0. The molecule has 0 aliphatic heterocycles. The molecule has 1 aliphatic rings. The Morgan fingerprint density at radius 2 is 0.672 bits per heavy atom. The lowest BCUT2D eigenvalue weighted by molar-refractivity contribution is 1.32. The lowest BCUT2D eigenvalue weighted by atomic mass is 9.85. The zero-order valence-corrected chi connectivity index (χ0v) is 33.6. The first kappa shape index (κ1) is 35.2. The maximum atomic E-state index is 2.42. The Bertz CT molecular complexity index is 3480. The normalized spacial score (nSPS) is 12.5. The van der Waals surface area contributed by atoms with Gasteiger partial charge in [0.25, 0.3) is 0 Å². The molecule has 11 aromatic rings. The predicted octanol–water partition coefficient (Wildman–Crippen LogP) is 16.5. The Morgan fingerprint density at radius 1 is 0.246 bits per heavy atom. The van der Waals surface area contributed by atoms with Crippen LogP contribution in [0.3, 0.4) is 0 Å². The lowest BCUT2D eigenvalue weighted by Gasteiger charge is -2.18. The van der Waals surface area contributed by atoms with E-state index in [1.54, 1.807) is 0 Å². The molecule has 0 heterocycles. The van der Waals surface area contributed by atoms with Gasteiger partial charge in [0.1, 0.15) is 0 Å². The van der Waals surface area contributed by atoms with Crippen molar-refractivity contribution in [3.8, 4) is 44.5 Å². The van der Waals surface area contributed by atoms with E-state index in [4.69, 9.17) is 0 Å². The van der Waals surface area contributed by atoms with Gasteiger partial charge in [-0.25, -0.2) is 0 Å². The van der Waals surface area contributed by atoms with Crippen LogP contribution in [0.25, 0.3) is 98.7 Å². The third-order valence-corrected chi connectivity index (χ3v) is 12.9. The van der Waals surface area contributed by atoms with Crippen LogP contribution in [-0.2, 0) is 6.42 Å². The third kappa shape index (κ3) is 6.07. The Hall–Kier alpha value is -7.80. The molecule has 0 atom stereocenters. The lowest BCUT2D eigenvalue weighted by Crippen LogP contribution is -1.91. The largest absolute Gasteiger partial charge is 0.0622 e. The maximum absolute atomic E-state index is 2.42. The second-order valence-electron chi connectivity index (χ2n) is 16.4. The molecule has 0 saturated heterocycles. The van der Waals surface area contributed by atoms with Gasteiger partial charge >= 0.3 is 0 Å². The number of rotatable bonds is 6. The topological polar surface area (TPSA) is 0 Å². The highest BCUT2D eigenvalue weighted by Crippen LogP contribution is 2.46. The molecule has 11 aromatic carbocycles. The van der Waals surface area contributed by atoms with Crippen LogP contribution in [0.4, 0.5) is 0 Å². The highest BCUT2D eigenvalue weighted by atomic mass is 14.3. The number of benzene rings is 11. The van der Waals surface area contributed by atoms with E-state index < -0.39 is 0 Å². The summed E-state index contributed by atoms with van der Waals surface area (Å²) < 4.78 is 0. The van der Waals surface area contributed by atoms with Crippen molar-refractivity contribution < 1.29 is 0 Å². The fourth-order valence-electron chi connectivity index (χ4n) is 9.98. The molecule has 0 aromatic heterocycles. The maximum Gasteiger partial charge on any atom is -0.000706 e. The van der Waals surface area contributed by atoms with E-state index >= 15 is 0 Å². The molecule has 12 rings (SSSR count). The van der Waals surface area contributed by atoms with Crippen molar-refractivity contribution in [1.29, 1.82) is 0 Å². The number of allylic oxidation sites excluding steroid dienone is 1. The van der Waals surface area contributed by atoms with Gasteiger partial charge in [-0.1, -0.05) is 206 Å². The van der Waals surface area contributed by atoms with Crippen LogP contribution in [-0.4, -0.2) is 0 Å². The molecule has 0 fully saturated rings. The van der Waals surface area contributed by atoms with E-state index in [9.17, 15) is 0 Å². The van der Waals surface area contributed by atoms with Crippen LogP contribution < -0.4 is 0 Å². The van der Waals surface area contributed by atoms with Crippen molar-refractivity contribution in [3.05, 3.63) is 253 Å². The van der Waals surface area contributed by atoms with Crippen LogP contribution in [0.1, 0.15) is 22.3 Å². The zero-order valence-electron chi connectivity index (χ0n) is 33.6. The Balaban J connectivity index is 0.960. The van der Waals surface area contributed by atoms with Crippen molar-refractivity contribution in [2.24, 2.45) is 0 Å². The third-order valence-electron chi connectivity index (χ3n) is 12.9. The minimum Gasteiger partial charge on any atom is -0.0622 e. The standard InChI is InChI=1S/C61H40/c1-3-15-42(16-4-1)58-39-52-37-48(32-33-53(52)59(58)43-17-5-2-6-18-43)47-30-27-41-28-31-50(38-51(41)36-47)61-56-24-11-9-22-54(56)60(55-23-10-12-25-57(55)61)49-21-13-20-45(35-49)46-29-26-40-14-7-8-19-44(40)34-46/h1-38H,39H2. The SMILES string of the molecule is c1ccc(C2=C(c3ccccc3)c3ccc(-c4ccc5ccc(-c6c7ccccc7c(-c7cccc(-c8ccc9ccccc9c8)c7)c7ccccc67)cc5c4)cc3C2)cc1. The first-order valence-electron chi connectivity index (χ1n) is 21.3. The average Bonchev–Trinajstić information content (AvgIpc) is 3.72. The highest BCUT2D eigenvalue weighted by molar-refractivity contribution is 6.22. The van der Waals surface area contributed by atoms with Gasteiger partial charge in [0.2, 0.25) is 0 Å². The summed E-state index contributed by atoms with van der Waals surface area (Å²) in [6.07, 6.45) is 0.916. The van der Waals surface area contributed by atoms with Crippen molar-refractivity contribution in [2.45, 2.75) is 6.42 Å². The van der Waals surface area contributed by atoms with Gasteiger partial charge in [0.15, 0.2) is 0 Å². The molecule has 0 N–H and O–H groups in total. The summed E-state index contributed by atoms with van der Waals surface area (Å²) in [4.78, 5) is 0. The number of hydrogen-bond donors (Lipinski definition) is 0. The Labute approximate surface area is 356 Å². The van der Waals surface area contributed by atoms with Crippen LogP contribution in [0, 0.1) is 0 Å².